The van der Waals surface area contributed by atoms with Crippen molar-refractivity contribution in [1.29, 1.82) is 0 Å². The van der Waals surface area contributed by atoms with E-state index in [1.165, 1.54) is 6.92 Å². The fourth-order valence-electron chi connectivity index (χ4n) is 1.77. The fraction of sp³-hybridized carbons (Fsp3) is 0.462. The van der Waals surface area contributed by atoms with E-state index in [1.807, 2.05) is 18.2 Å². The Labute approximate surface area is 113 Å². The first kappa shape index (κ1) is 14.6. The molecule has 4 nitrogen and oxygen atoms in total. The standard InChI is InChI=1S/C13H19ClN2O2/c1-4-16(8-7-14)12-9-11(15-10(2)17)5-6-13(12)18-3/h5-6,9H,4,7-8H2,1-3H3,(H,15,17). The van der Waals surface area contributed by atoms with E-state index in [0.29, 0.717) is 5.88 Å². The molecule has 0 aliphatic carbocycles. The number of methoxy groups -OCH3 is 1. The Hall–Kier alpha value is -1.42. The number of carbonyl (C=O) groups is 1. The molecule has 1 aromatic carbocycles. The van der Waals surface area contributed by atoms with Gasteiger partial charge in [-0.1, -0.05) is 0 Å². The van der Waals surface area contributed by atoms with Crippen molar-refractivity contribution in [3.05, 3.63) is 18.2 Å². The molecule has 0 radical (unpaired) electrons. The molecule has 0 spiro atoms. The van der Waals surface area contributed by atoms with Gasteiger partial charge in [-0.05, 0) is 25.1 Å². The Kier molecular flexibility index (Phi) is 5.78. The molecule has 0 saturated carbocycles. The first-order valence-electron chi connectivity index (χ1n) is 5.88. The highest BCUT2D eigenvalue weighted by Crippen LogP contribution is 2.31. The summed E-state index contributed by atoms with van der Waals surface area (Å²) in [4.78, 5) is 13.2. The Balaban J connectivity index is 3.07. The predicted molar refractivity (Wildman–Crippen MR) is 75.9 cm³/mol. The zero-order valence-electron chi connectivity index (χ0n) is 11.0. The zero-order valence-corrected chi connectivity index (χ0v) is 11.8. The van der Waals surface area contributed by atoms with Gasteiger partial charge < -0.3 is 15.0 Å². The van der Waals surface area contributed by atoms with Crippen molar-refractivity contribution in [3.63, 3.8) is 0 Å². The van der Waals surface area contributed by atoms with Crippen LogP contribution >= 0.6 is 11.6 Å². The molecule has 1 N–H and O–H groups in total. The highest BCUT2D eigenvalue weighted by Gasteiger charge is 2.11. The van der Waals surface area contributed by atoms with Crippen LogP contribution in [0.25, 0.3) is 0 Å². The molecule has 0 heterocycles. The number of rotatable bonds is 6. The van der Waals surface area contributed by atoms with Crippen LogP contribution in [0.5, 0.6) is 5.75 Å². The van der Waals surface area contributed by atoms with Crippen molar-refractivity contribution in [2.24, 2.45) is 0 Å². The Morgan fingerprint density at radius 1 is 1.50 bits per heavy atom. The average molecular weight is 271 g/mol. The number of nitrogens with zero attached hydrogens (tertiary/aromatic N) is 1. The quantitative estimate of drug-likeness (QED) is 0.808. The van der Waals surface area contributed by atoms with Crippen molar-refractivity contribution in [1.82, 2.24) is 0 Å². The van der Waals surface area contributed by atoms with Crippen LogP contribution in [-0.2, 0) is 4.79 Å². The number of hydrogen-bond donors (Lipinski definition) is 1. The second kappa shape index (κ2) is 7.11. The summed E-state index contributed by atoms with van der Waals surface area (Å²) in [5, 5.41) is 2.76. The molecule has 0 saturated heterocycles. The van der Waals surface area contributed by atoms with Crippen molar-refractivity contribution in [2.75, 3.05) is 36.3 Å². The molecule has 5 heteroatoms. The molecule has 1 rings (SSSR count). The maximum Gasteiger partial charge on any atom is 0.221 e. The number of benzene rings is 1. The van der Waals surface area contributed by atoms with Gasteiger partial charge >= 0.3 is 0 Å². The number of carbonyl (C=O) groups excluding carboxylic acids is 1. The number of amides is 1. The van der Waals surface area contributed by atoms with Gasteiger partial charge in [0.05, 0.1) is 12.8 Å². The first-order chi connectivity index (χ1) is 8.62. The predicted octanol–water partition coefficient (Wildman–Crippen LogP) is 2.72. The molecule has 0 atom stereocenters. The van der Waals surface area contributed by atoms with Crippen LogP contribution < -0.4 is 15.0 Å². The molecule has 100 valence electrons. The highest BCUT2D eigenvalue weighted by molar-refractivity contribution is 6.18. The second-order valence-electron chi connectivity index (χ2n) is 3.84. The number of hydrogen-bond acceptors (Lipinski definition) is 3. The smallest absolute Gasteiger partial charge is 0.221 e. The van der Waals surface area contributed by atoms with Crippen LogP contribution in [0.2, 0.25) is 0 Å². The molecule has 0 unspecified atom stereocenters. The number of halogens is 1. The summed E-state index contributed by atoms with van der Waals surface area (Å²) in [7, 11) is 1.63. The Morgan fingerprint density at radius 3 is 2.72 bits per heavy atom. The maximum atomic E-state index is 11.1. The average Bonchev–Trinajstić information content (AvgIpc) is 2.35. The summed E-state index contributed by atoms with van der Waals surface area (Å²) >= 11 is 5.79. The Bertz CT molecular complexity index is 410. The van der Waals surface area contributed by atoms with E-state index >= 15 is 0 Å². The molecule has 1 amide bonds. The molecule has 0 aliphatic rings. The van der Waals surface area contributed by atoms with Crippen molar-refractivity contribution < 1.29 is 9.53 Å². The van der Waals surface area contributed by atoms with Crippen molar-refractivity contribution in [2.45, 2.75) is 13.8 Å². The van der Waals surface area contributed by atoms with Gasteiger partial charge in [0.1, 0.15) is 5.75 Å². The number of nitrogens with one attached hydrogen (secondary N) is 1. The first-order valence-corrected chi connectivity index (χ1v) is 6.42. The highest BCUT2D eigenvalue weighted by atomic mass is 35.5. The van der Waals surface area contributed by atoms with Crippen molar-refractivity contribution >= 4 is 28.9 Å². The third-order valence-electron chi connectivity index (χ3n) is 2.58. The van der Waals surface area contributed by atoms with Gasteiger partial charge in [0, 0.05) is 31.6 Å². The number of anilines is 2. The van der Waals surface area contributed by atoms with Gasteiger partial charge in [-0.25, -0.2) is 0 Å². The van der Waals surface area contributed by atoms with E-state index in [9.17, 15) is 4.79 Å². The van der Waals surface area contributed by atoms with Gasteiger partial charge in [-0.15, -0.1) is 11.6 Å². The van der Waals surface area contributed by atoms with Crippen LogP contribution in [0.1, 0.15) is 13.8 Å². The summed E-state index contributed by atoms with van der Waals surface area (Å²) in [5.74, 6) is 1.23. The monoisotopic (exact) mass is 270 g/mol. The Morgan fingerprint density at radius 2 is 2.22 bits per heavy atom. The zero-order chi connectivity index (χ0) is 13.5. The minimum atomic E-state index is -0.0912. The molecule has 0 bridgehead atoms. The molecule has 0 aliphatic heterocycles. The summed E-state index contributed by atoms with van der Waals surface area (Å²) < 4.78 is 5.34. The SMILES string of the molecule is CCN(CCCl)c1cc(NC(C)=O)ccc1OC. The van der Waals surface area contributed by atoms with E-state index in [-0.39, 0.29) is 5.91 Å². The lowest BCUT2D eigenvalue weighted by molar-refractivity contribution is -0.114. The van der Waals surface area contributed by atoms with Gasteiger partial charge in [-0.2, -0.15) is 0 Å². The topological polar surface area (TPSA) is 41.6 Å². The minimum absolute atomic E-state index is 0.0912. The summed E-state index contributed by atoms with van der Waals surface area (Å²) in [6.07, 6.45) is 0. The molecule has 1 aromatic rings. The van der Waals surface area contributed by atoms with E-state index in [2.05, 4.69) is 17.1 Å². The van der Waals surface area contributed by atoms with Gasteiger partial charge in [-0.3, -0.25) is 4.79 Å². The second-order valence-corrected chi connectivity index (χ2v) is 4.21. The van der Waals surface area contributed by atoms with Crippen LogP contribution in [0.4, 0.5) is 11.4 Å². The fourth-order valence-corrected chi connectivity index (χ4v) is 1.97. The van der Waals surface area contributed by atoms with E-state index < -0.39 is 0 Å². The summed E-state index contributed by atoms with van der Waals surface area (Å²) in [5.41, 5.74) is 1.69. The molecular formula is C13H19ClN2O2. The van der Waals surface area contributed by atoms with Crippen molar-refractivity contribution in [3.8, 4) is 5.75 Å². The third-order valence-corrected chi connectivity index (χ3v) is 2.75. The van der Waals surface area contributed by atoms with E-state index in [4.69, 9.17) is 16.3 Å². The van der Waals surface area contributed by atoms with Crippen LogP contribution in [0.15, 0.2) is 18.2 Å². The van der Waals surface area contributed by atoms with Crippen LogP contribution in [0.3, 0.4) is 0 Å². The number of ether oxygens (including phenoxy) is 1. The lowest BCUT2D eigenvalue weighted by Gasteiger charge is -2.24. The van der Waals surface area contributed by atoms with Gasteiger partial charge in [0.15, 0.2) is 0 Å². The minimum Gasteiger partial charge on any atom is -0.495 e. The molecule has 0 aromatic heterocycles. The lowest BCUT2D eigenvalue weighted by Crippen LogP contribution is -2.25. The van der Waals surface area contributed by atoms with Gasteiger partial charge in [0.2, 0.25) is 5.91 Å². The normalized spacial score (nSPS) is 10.0. The van der Waals surface area contributed by atoms with Crippen LogP contribution in [0, 0.1) is 0 Å². The molecule has 18 heavy (non-hydrogen) atoms. The van der Waals surface area contributed by atoms with Gasteiger partial charge in [0.25, 0.3) is 0 Å². The largest absolute Gasteiger partial charge is 0.495 e. The third kappa shape index (κ3) is 3.81. The molecule has 0 fully saturated rings. The summed E-state index contributed by atoms with van der Waals surface area (Å²) in [6.45, 7) is 5.10. The number of alkyl halides is 1. The van der Waals surface area contributed by atoms with E-state index in [0.717, 1.165) is 30.2 Å². The summed E-state index contributed by atoms with van der Waals surface area (Å²) in [6, 6.07) is 5.56. The van der Waals surface area contributed by atoms with Crippen LogP contribution in [-0.4, -0.2) is 32.0 Å². The molecular weight excluding hydrogens is 252 g/mol. The lowest BCUT2D eigenvalue weighted by atomic mass is 10.2. The maximum absolute atomic E-state index is 11.1. The van der Waals surface area contributed by atoms with E-state index in [1.54, 1.807) is 7.11 Å².